The predicted molar refractivity (Wildman–Crippen MR) is 36.5 cm³/mol. The number of likely N-dealkylation sites (N-methyl/N-ethyl adjacent to an activating group) is 1. The first-order chi connectivity index (χ1) is 4.68. The van der Waals surface area contributed by atoms with Crippen molar-refractivity contribution >= 4 is 5.91 Å². The lowest BCUT2D eigenvalue weighted by atomic mass is 10.6. The monoisotopic (exact) mass is 147 g/mol. The number of hydrogen-bond donors (Lipinski definition) is 0. The maximum atomic E-state index is 10.8. The molecule has 1 amide bonds. The molecule has 0 fully saturated rings. The Morgan fingerprint density at radius 3 is 2.50 bits per heavy atom. The minimum absolute atomic E-state index is 0.0583. The van der Waals surface area contributed by atoms with Gasteiger partial charge in [0.15, 0.2) is 0 Å². The molecule has 0 aliphatic rings. The summed E-state index contributed by atoms with van der Waals surface area (Å²) in [5.41, 5.74) is 0. The van der Waals surface area contributed by atoms with Crippen LogP contribution in [0.25, 0.3) is 0 Å². The highest BCUT2D eigenvalue weighted by molar-refractivity contribution is 5.76. The molecule has 4 nitrogen and oxygen atoms in total. The molecular formula is C6H13NO3. The van der Waals surface area contributed by atoms with Crippen LogP contribution in [0.15, 0.2) is 0 Å². The van der Waals surface area contributed by atoms with Gasteiger partial charge in [-0.25, -0.2) is 0 Å². The number of hydrogen-bond acceptors (Lipinski definition) is 3. The van der Waals surface area contributed by atoms with Gasteiger partial charge >= 0.3 is 0 Å². The van der Waals surface area contributed by atoms with E-state index >= 15 is 0 Å². The Morgan fingerprint density at radius 1 is 1.50 bits per heavy atom. The molecule has 0 radical (unpaired) electrons. The van der Waals surface area contributed by atoms with Gasteiger partial charge in [0, 0.05) is 21.2 Å². The minimum Gasteiger partial charge on any atom is -0.359 e. The summed E-state index contributed by atoms with van der Waals surface area (Å²) in [6.07, 6.45) is 0. The molecule has 4 heteroatoms. The second-order valence-corrected chi connectivity index (χ2v) is 2.04. The van der Waals surface area contributed by atoms with Crippen LogP contribution in [-0.4, -0.2) is 45.4 Å². The van der Waals surface area contributed by atoms with Crippen LogP contribution >= 0.6 is 0 Å². The van der Waals surface area contributed by atoms with Crippen molar-refractivity contribution in [1.29, 1.82) is 0 Å². The van der Waals surface area contributed by atoms with E-state index in [0.717, 1.165) is 0 Å². The highest BCUT2D eigenvalue weighted by Gasteiger charge is 2.01. The van der Waals surface area contributed by atoms with E-state index in [-0.39, 0.29) is 19.3 Å². The van der Waals surface area contributed by atoms with Crippen molar-refractivity contribution in [3.63, 3.8) is 0 Å². The lowest BCUT2D eigenvalue weighted by Gasteiger charge is -2.09. The smallest absolute Gasteiger partial charge is 0.248 e. The third-order valence-electron chi connectivity index (χ3n) is 0.926. The number of ether oxygens (including phenoxy) is 2. The number of methoxy groups -OCH3 is 1. The molecule has 0 aromatic rings. The molecule has 0 unspecified atom stereocenters. The van der Waals surface area contributed by atoms with Crippen molar-refractivity contribution in [3.05, 3.63) is 0 Å². The fourth-order valence-electron chi connectivity index (χ4n) is 0.341. The van der Waals surface area contributed by atoms with Gasteiger partial charge in [0.25, 0.3) is 0 Å². The highest BCUT2D eigenvalue weighted by Crippen LogP contribution is 1.80. The third kappa shape index (κ3) is 4.29. The van der Waals surface area contributed by atoms with Crippen LogP contribution in [0.4, 0.5) is 0 Å². The number of carbonyl (C=O) groups excluding carboxylic acids is 1. The average molecular weight is 147 g/mol. The van der Waals surface area contributed by atoms with Gasteiger partial charge in [0.1, 0.15) is 13.4 Å². The molecule has 0 N–H and O–H groups in total. The lowest BCUT2D eigenvalue weighted by Crippen LogP contribution is -2.26. The van der Waals surface area contributed by atoms with Crippen molar-refractivity contribution < 1.29 is 14.3 Å². The summed E-state index contributed by atoms with van der Waals surface area (Å²) in [6.45, 7) is 0.250. The fourth-order valence-corrected chi connectivity index (χ4v) is 0.341. The standard InChI is InChI=1S/C6H13NO3/c1-7(2)6(8)4-10-5-9-3/h4-5H2,1-3H3. The Morgan fingerprint density at radius 2 is 2.10 bits per heavy atom. The quantitative estimate of drug-likeness (QED) is 0.404. The van der Waals surface area contributed by atoms with Gasteiger partial charge in [-0.05, 0) is 0 Å². The second kappa shape index (κ2) is 5.20. The summed E-state index contributed by atoms with van der Waals surface area (Å²) >= 11 is 0. The van der Waals surface area contributed by atoms with Crippen LogP contribution in [0.1, 0.15) is 0 Å². The molecule has 0 rings (SSSR count). The van der Waals surface area contributed by atoms with Crippen molar-refractivity contribution in [2.45, 2.75) is 0 Å². The van der Waals surface area contributed by atoms with Gasteiger partial charge in [-0.15, -0.1) is 0 Å². The average Bonchev–Trinajstić information content (AvgIpc) is 1.88. The Hall–Kier alpha value is -0.610. The fraction of sp³-hybridized carbons (Fsp3) is 0.833. The predicted octanol–water partition coefficient (Wildman–Crippen LogP) is -0.305. The first kappa shape index (κ1) is 9.39. The maximum Gasteiger partial charge on any atom is 0.248 e. The van der Waals surface area contributed by atoms with Gasteiger partial charge in [0.2, 0.25) is 5.91 Å². The van der Waals surface area contributed by atoms with Gasteiger partial charge in [-0.1, -0.05) is 0 Å². The van der Waals surface area contributed by atoms with E-state index in [1.165, 1.54) is 12.0 Å². The molecule has 0 atom stereocenters. The molecule has 60 valence electrons. The summed E-state index contributed by atoms with van der Waals surface area (Å²) in [7, 11) is 4.87. The zero-order valence-corrected chi connectivity index (χ0v) is 6.59. The first-order valence-electron chi connectivity index (χ1n) is 2.95. The van der Waals surface area contributed by atoms with E-state index in [2.05, 4.69) is 4.74 Å². The van der Waals surface area contributed by atoms with E-state index in [0.29, 0.717) is 0 Å². The van der Waals surface area contributed by atoms with E-state index in [4.69, 9.17) is 4.74 Å². The maximum absolute atomic E-state index is 10.8. The molecule has 10 heavy (non-hydrogen) atoms. The van der Waals surface area contributed by atoms with Gasteiger partial charge in [-0.2, -0.15) is 0 Å². The zero-order valence-electron chi connectivity index (χ0n) is 6.59. The SMILES string of the molecule is COCOCC(=O)N(C)C. The largest absolute Gasteiger partial charge is 0.359 e. The van der Waals surface area contributed by atoms with Gasteiger partial charge in [0.05, 0.1) is 0 Å². The summed E-state index contributed by atoms with van der Waals surface area (Å²) in [6, 6.07) is 0. The molecule has 0 saturated carbocycles. The minimum atomic E-state index is -0.0583. The molecule has 0 aliphatic carbocycles. The molecule has 0 aromatic heterocycles. The second-order valence-electron chi connectivity index (χ2n) is 2.04. The van der Waals surface area contributed by atoms with Crippen LogP contribution < -0.4 is 0 Å². The molecule has 0 bridgehead atoms. The number of rotatable bonds is 4. The zero-order chi connectivity index (χ0) is 7.98. The Kier molecular flexibility index (Phi) is 4.88. The van der Waals surface area contributed by atoms with E-state index in [9.17, 15) is 4.79 Å². The lowest BCUT2D eigenvalue weighted by molar-refractivity contribution is -0.138. The molecule has 0 aromatic carbocycles. The summed E-state index contributed by atoms with van der Waals surface area (Å²) < 4.78 is 9.37. The number of nitrogens with zero attached hydrogens (tertiary/aromatic N) is 1. The Bertz CT molecular complexity index is 103. The van der Waals surface area contributed by atoms with E-state index in [1.54, 1.807) is 14.1 Å². The van der Waals surface area contributed by atoms with Crippen LogP contribution in [0.3, 0.4) is 0 Å². The van der Waals surface area contributed by atoms with Gasteiger partial charge < -0.3 is 14.4 Å². The van der Waals surface area contributed by atoms with Crippen LogP contribution in [0.5, 0.6) is 0 Å². The van der Waals surface area contributed by atoms with Gasteiger partial charge in [-0.3, -0.25) is 4.79 Å². The molecule has 0 heterocycles. The molecular weight excluding hydrogens is 134 g/mol. The topological polar surface area (TPSA) is 38.8 Å². The summed E-state index contributed by atoms with van der Waals surface area (Å²) in [5.74, 6) is -0.0583. The Labute approximate surface area is 60.7 Å². The van der Waals surface area contributed by atoms with Crippen molar-refractivity contribution in [1.82, 2.24) is 4.90 Å². The molecule has 0 saturated heterocycles. The van der Waals surface area contributed by atoms with E-state index < -0.39 is 0 Å². The molecule has 0 aliphatic heterocycles. The highest BCUT2D eigenvalue weighted by atomic mass is 16.7. The number of amides is 1. The first-order valence-corrected chi connectivity index (χ1v) is 2.95. The normalized spacial score (nSPS) is 9.50. The van der Waals surface area contributed by atoms with Crippen molar-refractivity contribution in [2.24, 2.45) is 0 Å². The Balaban J connectivity index is 3.22. The van der Waals surface area contributed by atoms with Crippen LogP contribution in [-0.2, 0) is 14.3 Å². The van der Waals surface area contributed by atoms with E-state index in [1.807, 2.05) is 0 Å². The number of carbonyl (C=O) groups is 1. The van der Waals surface area contributed by atoms with Crippen molar-refractivity contribution in [3.8, 4) is 0 Å². The van der Waals surface area contributed by atoms with Crippen LogP contribution in [0, 0.1) is 0 Å². The van der Waals surface area contributed by atoms with Crippen LogP contribution in [0.2, 0.25) is 0 Å². The summed E-state index contributed by atoms with van der Waals surface area (Å²) in [4.78, 5) is 12.2. The summed E-state index contributed by atoms with van der Waals surface area (Å²) in [5, 5.41) is 0. The molecule has 0 spiro atoms. The third-order valence-corrected chi connectivity index (χ3v) is 0.926. The van der Waals surface area contributed by atoms with Crippen molar-refractivity contribution in [2.75, 3.05) is 34.6 Å².